The van der Waals surface area contributed by atoms with Crippen LogP contribution in [0.3, 0.4) is 0 Å². The number of nitrogens with one attached hydrogen (secondary N) is 2. The summed E-state index contributed by atoms with van der Waals surface area (Å²) in [6.07, 6.45) is 9.50. The van der Waals surface area contributed by atoms with Crippen LogP contribution in [0.25, 0.3) is 0 Å². The third-order valence-electron chi connectivity index (χ3n) is 5.23. The van der Waals surface area contributed by atoms with Crippen molar-refractivity contribution in [1.29, 1.82) is 0 Å². The van der Waals surface area contributed by atoms with Gasteiger partial charge in [-0.3, -0.25) is 9.59 Å². The molecule has 28 heavy (non-hydrogen) atoms. The molecule has 1 fully saturated rings. The normalized spacial score (nSPS) is 19.4. The number of carbonyl (C=O) groups is 2. The van der Waals surface area contributed by atoms with E-state index >= 15 is 0 Å². The lowest BCUT2D eigenvalue weighted by molar-refractivity contribution is -0.130. The largest absolute Gasteiger partial charge is 0.381 e. The van der Waals surface area contributed by atoms with Gasteiger partial charge in [0.2, 0.25) is 11.8 Å². The van der Waals surface area contributed by atoms with E-state index in [0.29, 0.717) is 32.7 Å². The van der Waals surface area contributed by atoms with Gasteiger partial charge in [0.15, 0.2) is 0 Å². The molecule has 6 nitrogen and oxygen atoms in total. The Balaban J connectivity index is 2.13. The molecular weight excluding hydrogens is 356 g/mol. The zero-order chi connectivity index (χ0) is 20.5. The van der Waals surface area contributed by atoms with Crippen LogP contribution < -0.4 is 10.6 Å². The Morgan fingerprint density at radius 3 is 1.61 bits per heavy atom. The van der Waals surface area contributed by atoms with E-state index in [0.717, 1.165) is 71.0 Å². The van der Waals surface area contributed by atoms with Gasteiger partial charge in [-0.15, -0.1) is 0 Å². The molecule has 0 radical (unpaired) electrons. The van der Waals surface area contributed by atoms with Crippen LogP contribution in [0, 0.1) is 11.8 Å². The smallest absolute Gasteiger partial charge is 0.223 e. The van der Waals surface area contributed by atoms with Gasteiger partial charge in [-0.1, -0.05) is 33.1 Å². The molecule has 1 saturated carbocycles. The number of carbonyl (C=O) groups excluding carboxylic acids is 2. The monoisotopic (exact) mass is 398 g/mol. The lowest BCUT2D eigenvalue weighted by Crippen LogP contribution is -2.39. The van der Waals surface area contributed by atoms with Crippen molar-refractivity contribution in [2.75, 3.05) is 39.5 Å². The first-order chi connectivity index (χ1) is 13.7. The van der Waals surface area contributed by atoms with Crippen LogP contribution in [0.2, 0.25) is 0 Å². The third kappa shape index (κ3) is 11.6. The van der Waals surface area contributed by atoms with Gasteiger partial charge in [-0.05, 0) is 44.9 Å². The molecule has 2 amide bonds. The summed E-state index contributed by atoms with van der Waals surface area (Å²) in [6.45, 7) is 8.57. The molecule has 0 aliphatic heterocycles. The molecule has 0 heterocycles. The molecule has 1 aliphatic carbocycles. The number of rotatable bonds is 16. The van der Waals surface area contributed by atoms with Crippen molar-refractivity contribution in [3.8, 4) is 0 Å². The Labute approximate surface area is 171 Å². The second kappa shape index (κ2) is 16.8. The maximum Gasteiger partial charge on any atom is 0.223 e. The average Bonchev–Trinajstić information content (AvgIpc) is 2.72. The summed E-state index contributed by atoms with van der Waals surface area (Å²) in [5.41, 5.74) is 0. The highest BCUT2D eigenvalue weighted by Gasteiger charge is 2.30. The summed E-state index contributed by atoms with van der Waals surface area (Å²) in [7, 11) is 0. The highest BCUT2D eigenvalue weighted by atomic mass is 16.5. The molecule has 1 rings (SSSR count). The Kier molecular flexibility index (Phi) is 14.9. The van der Waals surface area contributed by atoms with Crippen molar-refractivity contribution in [3.63, 3.8) is 0 Å². The van der Waals surface area contributed by atoms with E-state index in [1.807, 2.05) is 0 Å². The lowest BCUT2D eigenvalue weighted by Gasteiger charge is -2.27. The first kappa shape index (κ1) is 24.9. The van der Waals surface area contributed by atoms with Crippen LogP contribution in [-0.2, 0) is 19.1 Å². The molecule has 0 spiro atoms. The number of amides is 2. The molecule has 2 atom stereocenters. The van der Waals surface area contributed by atoms with Gasteiger partial charge in [0.05, 0.1) is 0 Å². The van der Waals surface area contributed by atoms with E-state index < -0.39 is 0 Å². The molecule has 0 saturated heterocycles. The minimum Gasteiger partial charge on any atom is -0.381 e. The minimum absolute atomic E-state index is 0.0390. The zero-order valence-corrected chi connectivity index (χ0v) is 18.1. The summed E-state index contributed by atoms with van der Waals surface area (Å²) in [4.78, 5) is 24.8. The van der Waals surface area contributed by atoms with Gasteiger partial charge in [-0.2, -0.15) is 0 Å². The van der Waals surface area contributed by atoms with Gasteiger partial charge < -0.3 is 20.1 Å². The van der Waals surface area contributed by atoms with Crippen LogP contribution in [0.5, 0.6) is 0 Å². The highest BCUT2D eigenvalue weighted by Crippen LogP contribution is 2.29. The average molecular weight is 399 g/mol. The van der Waals surface area contributed by atoms with Crippen molar-refractivity contribution in [3.05, 3.63) is 0 Å². The maximum absolute atomic E-state index is 12.4. The van der Waals surface area contributed by atoms with Gasteiger partial charge >= 0.3 is 0 Å². The predicted molar refractivity (Wildman–Crippen MR) is 112 cm³/mol. The Morgan fingerprint density at radius 1 is 0.750 bits per heavy atom. The summed E-state index contributed by atoms with van der Waals surface area (Å²) < 4.78 is 11.0. The number of hydrogen-bond acceptors (Lipinski definition) is 4. The molecular formula is C22H42N2O4. The SMILES string of the molecule is CCCCOCCCNC(=O)C1CCCC(C(=O)NCCCOCCCC)C1. The van der Waals surface area contributed by atoms with Crippen molar-refractivity contribution in [1.82, 2.24) is 10.6 Å². The number of hydrogen-bond donors (Lipinski definition) is 2. The van der Waals surface area contributed by atoms with Gasteiger partial charge in [0.1, 0.15) is 0 Å². The highest BCUT2D eigenvalue weighted by molar-refractivity contribution is 5.82. The van der Waals surface area contributed by atoms with Crippen LogP contribution in [0.4, 0.5) is 0 Å². The molecule has 0 aromatic rings. The number of unbranched alkanes of at least 4 members (excludes halogenated alkanes) is 2. The molecule has 0 bridgehead atoms. The van der Waals surface area contributed by atoms with Crippen molar-refractivity contribution in [2.45, 2.75) is 78.1 Å². The fraction of sp³-hybridized carbons (Fsp3) is 0.909. The molecule has 164 valence electrons. The second-order valence-electron chi connectivity index (χ2n) is 7.78. The van der Waals surface area contributed by atoms with Crippen LogP contribution in [0.1, 0.15) is 78.1 Å². The Morgan fingerprint density at radius 2 is 1.18 bits per heavy atom. The quantitative estimate of drug-likeness (QED) is 0.391. The summed E-state index contributed by atoms with van der Waals surface area (Å²) in [5.74, 6) is 0.108. The van der Waals surface area contributed by atoms with Crippen LogP contribution >= 0.6 is 0 Å². The first-order valence-electron chi connectivity index (χ1n) is 11.4. The summed E-state index contributed by atoms with van der Waals surface area (Å²) >= 11 is 0. The van der Waals surface area contributed by atoms with E-state index in [1.54, 1.807) is 0 Å². The van der Waals surface area contributed by atoms with E-state index in [-0.39, 0.29) is 23.7 Å². The van der Waals surface area contributed by atoms with Crippen molar-refractivity contribution in [2.24, 2.45) is 11.8 Å². The Hall–Kier alpha value is -1.14. The van der Waals surface area contributed by atoms with E-state index in [1.165, 1.54) is 0 Å². The van der Waals surface area contributed by atoms with Crippen molar-refractivity contribution >= 4 is 11.8 Å². The zero-order valence-electron chi connectivity index (χ0n) is 18.1. The molecule has 1 aliphatic rings. The maximum atomic E-state index is 12.4. The lowest BCUT2D eigenvalue weighted by atomic mass is 9.80. The molecule has 2 N–H and O–H groups in total. The fourth-order valence-electron chi connectivity index (χ4n) is 3.42. The van der Waals surface area contributed by atoms with Gasteiger partial charge in [0.25, 0.3) is 0 Å². The van der Waals surface area contributed by atoms with Gasteiger partial charge in [0, 0.05) is 51.4 Å². The molecule has 0 aromatic heterocycles. The number of ether oxygens (including phenoxy) is 2. The van der Waals surface area contributed by atoms with Crippen LogP contribution in [-0.4, -0.2) is 51.3 Å². The molecule has 6 heteroatoms. The summed E-state index contributed by atoms with van der Waals surface area (Å²) in [6, 6.07) is 0. The standard InChI is InChI=1S/C22H42N2O4/c1-3-5-14-27-16-8-12-23-21(25)19-10-7-11-20(18-19)22(26)24-13-9-17-28-15-6-4-2/h19-20H,3-18H2,1-2H3,(H,23,25)(H,24,26). The topological polar surface area (TPSA) is 76.7 Å². The Bertz CT molecular complexity index is 381. The minimum atomic E-state index is -0.0390. The molecule has 2 unspecified atom stereocenters. The molecule has 0 aromatic carbocycles. The third-order valence-corrected chi connectivity index (χ3v) is 5.23. The first-order valence-corrected chi connectivity index (χ1v) is 11.4. The van der Waals surface area contributed by atoms with Crippen LogP contribution in [0.15, 0.2) is 0 Å². The second-order valence-corrected chi connectivity index (χ2v) is 7.78. The predicted octanol–water partition coefficient (Wildman–Crippen LogP) is 3.44. The van der Waals surface area contributed by atoms with E-state index in [9.17, 15) is 9.59 Å². The fourth-order valence-corrected chi connectivity index (χ4v) is 3.42. The van der Waals surface area contributed by atoms with E-state index in [4.69, 9.17) is 9.47 Å². The van der Waals surface area contributed by atoms with Crippen molar-refractivity contribution < 1.29 is 19.1 Å². The summed E-state index contributed by atoms with van der Waals surface area (Å²) in [5, 5.41) is 6.02. The van der Waals surface area contributed by atoms with Gasteiger partial charge in [-0.25, -0.2) is 0 Å². The van der Waals surface area contributed by atoms with E-state index in [2.05, 4.69) is 24.5 Å².